The molecule has 0 spiro atoms. The second-order valence-electron chi connectivity index (χ2n) is 9.05. The van der Waals surface area contributed by atoms with E-state index in [1.54, 1.807) is 0 Å². The Morgan fingerprint density at radius 3 is 2.00 bits per heavy atom. The molecule has 0 aliphatic rings. The van der Waals surface area contributed by atoms with Gasteiger partial charge >= 0.3 is 11.9 Å². The van der Waals surface area contributed by atoms with Crippen molar-refractivity contribution in [1.82, 2.24) is 16.0 Å². The maximum atomic E-state index is 13.3. The number of hydrogen-bond acceptors (Lipinski definition) is 9. The van der Waals surface area contributed by atoms with E-state index >= 15 is 0 Å². The zero-order valence-corrected chi connectivity index (χ0v) is 21.9. The molecule has 16 heteroatoms. The van der Waals surface area contributed by atoms with Crippen LogP contribution in [0.2, 0.25) is 0 Å². The van der Waals surface area contributed by atoms with Crippen molar-refractivity contribution in [2.24, 2.45) is 22.2 Å². The van der Waals surface area contributed by atoms with Gasteiger partial charge in [0.15, 0.2) is 12.0 Å². The highest BCUT2D eigenvalue weighted by molar-refractivity contribution is 5.94. The number of phenolic OH excluding ortho intramolecular Hbond substituents is 1. The summed E-state index contributed by atoms with van der Waals surface area (Å²) in [5, 5.41) is 44.5. The first-order valence-corrected chi connectivity index (χ1v) is 12.3. The predicted octanol–water partition coefficient (Wildman–Crippen LogP) is -2.90. The molecule has 0 aliphatic carbocycles. The fourth-order valence-corrected chi connectivity index (χ4v) is 3.46. The quantitative estimate of drug-likeness (QED) is 0.0515. The molecule has 0 aliphatic heterocycles. The Hall–Kier alpha value is -4.44. The molecular formula is C24H37N7O9. The van der Waals surface area contributed by atoms with Crippen molar-refractivity contribution in [3.63, 3.8) is 0 Å². The number of aromatic hydroxyl groups is 1. The third-order valence-electron chi connectivity index (χ3n) is 5.64. The molecule has 1 rings (SSSR count). The second kappa shape index (κ2) is 16.5. The molecule has 222 valence electrons. The van der Waals surface area contributed by atoms with Gasteiger partial charge in [-0.15, -0.1) is 0 Å². The van der Waals surface area contributed by atoms with Crippen LogP contribution in [0.1, 0.15) is 38.2 Å². The molecular weight excluding hydrogens is 530 g/mol. The highest BCUT2D eigenvalue weighted by atomic mass is 16.4. The van der Waals surface area contributed by atoms with E-state index in [4.69, 9.17) is 22.3 Å². The van der Waals surface area contributed by atoms with E-state index in [1.165, 1.54) is 24.3 Å². The van der Waals surface area contributed by atoms with Crippen LogP contribution in [0.5, 0.6) is 5.75 Å². The summed E-state index contributed by atoms with van der Waals surface area (Å²) >= 11 is 0. The summed E-state index contributed by atoms with van der Waals surface area (Å²) in [5.41, 5.74) is 17.0. The number of amides is 3. The van der Waals surface area contributed by atoms with Crippen LogP contribution in [-0.2, 0) is 30.4 Å². The van der Waals surface area contributed by atoms with Crippen LogP contribution in [0.3, 0.4) is 0 Å². The lowest BCUT2D eigenvalue weighted by molar-refractivity contribution is -0.145. The molecule has 5 atom stereocenters. The highest BCUT2D eigenvalue weighted by Crippen LogP contribution is 2.12. The van der Waals surface area contributed by atoms with Gasteiger partial charge in [-0.3, -0.25) is 24.2 Å². The average Bonchev–Trinajstić information content (AvgIpc) is 2.87. The van der Waals surface area contributed by atoms with E-state index in [-0.39, 0.29) is 31.1 Å². The summed E-state index contributed by atoms with van der Waals surface area (Å²) in [6.07, 6.45) is -2.02. The number of nitrogens with zero attached hydrogens (tertiary/aromatic N) is 1. The number of rotatable bonds is 17. The highest BCUT2D eigenvalue weighted by Gasteiger charge is 2.32. The number of aliphatic hydroxyl groups excluding tert-OH is 1. The molecule has 0 saturated heterocycles. The molecule has 0 saturated carbocycles. The first-order valence-electron chi connectivity index (χ1n) is 12.3. The van der Waals surface area contributed by atoms with Gasteiger partial charge < -0.3 is 53.6 Å². The number of hydrogen-bond donors (Lipinski definition) is 10. The van der Waals surface area contributed by atoms with Gasteiger partial charge in [-0.05, 0) is 43.9 Å². The van der Waals surface area contributed by atoms with Gasteiger partial charge in [0.25, 0.3) is 0 Å². The number of nitrogens with two attached hydrogens (primary N) is 3. The van der Waals surface area contributed by atoms with E-state index in [0.29, 0.717) is 12.0 Å². The Kier molecular flexibility index (Phi) is 13.9. The van der Waals surface area contributed by atoms with Crippen molar-refractivity contribution in [1.29, 1.82) is 0 Å². The molecule has 16 nitrogen and oxygen atoms in total. The fraction of sp³-hybridized carbons (Fsp3) is 0.500. The molecule has 0 heterocycles. The number of carboxylic acid groups (broad SMARTS) is 2. The standard InChI is InChI=1S/C24H37N7O9/c1-12(32)19(23(39)40)31-21(37)16(8-9-18(34)35)29-22(38)17(11-13-4-6-14(33)7-5-13)30-20(36)15(25)3-2-10-28-24(26)27/h4-7,12,15-17,19,32-33H,2-3,8-11,25H2,1H3,(H,29,38)(H,30,36)(H,31,37)(H,34,35)(H,39,40)(H4,26,27,28). The number of aliphatic imine (C=N–C) groups is 1. The predicted molar refractivity (Wildman–Crippen MR) is 142 cm³/mol. The molecule has 40 heavy (non-hydrogen) atoms. The minimum atomic E-state index is -1.72. The number of carbonyl (C=O) groups excluding carboxylic acids is 3. The maximum absolute atomic E-state index is 13.3. The smallest absolute Gasteiger partial charge is 0.328 e. The van der Waals surface area contributed by atoms with Crippen LogP contribution in [0, 0.1) is 0 Å². The number of guanidine groups is 1. The van der Waals surface area contributed by atoms with Gasteiger partial charge in [0.2, 0.25) is 17.7 Å². The molecule has 1 aromatic rings. The second-order valence-corrected chi connectivity index (χ2v) is 9.05. The van der Waals surface area contributed by atoms with Crippen LogP contribution in [0.15, 0.2) is 29.3 Å². The van der Waals surface area contributed by atoms with Gasteiger partial charge in [-0.1, -0.05) is 12.1 Å². The van der Waals surface area contributed by atoms with Gasteiger partial charge in [-0.25, -0.2) is 4.79 Å². The summed E-state index contributed by atoms with van der Waals surface area (Å²) in [4.78, 5) is 65.1. The van der Waals surface area contributed by atoms with Crippen molar-refractivity contribution in [2.75, 3.05) is 6.54 Å². The topological polar surface area (TPSA) is 293 Å². The summed E-state index contributed by atoms with van der Waals surface area (Å²) in [7, 11) is 0. The summed E-state index contributed by atoms with van der Waals surface area (Å²) in [5.74, 6) is -5.61. The zero-order valence-electron chi connectivity index (χ0n) is 21.9. The van der Waals surface area contributed by atoms with E-state index in [9.17, 15) is 39.3 Å². The van der Waals surface area contributed by atoms with Crippen molar-refractivity contribution < 1.29 is 44.4 Å². The summed E-state index contributed by atoms with van der Waals surface area (Å²) < 4.78 is 0. The normalized spacial score (nSPS) is 14.5. The lowest BCUT2D eigenvalue weighted by atomic mass is 10.0. The third kappa shape index (κ3) is 12.4. The number of carboxylic acids is 2. The molecule has 3 amide bonds. The zero-order chi connectivity index (χ0) is 30.4. The molecule has 0 fully saturated rings. The van der Waals surface area contributed by atoms with Crippen molar-refractivity contribution >= 4 is 35.6 Å². The van der Waals surface area contributed by atoms with E-state index in [0.717, 1.165) is 6.92 Å². The monoisotopic (exact) mass is 567 g/mol. The minimum absolute atomic E-state index is 0.0342. The SMILES string of the molecule is CC(O)C(NC(=O)C(CCC(=O)O)NC(=O)C(Cc1ccc(O)cc1)NC(=O)C(N)CCCN=C(N)N)C(=O)O. The van der Waals surface area contributed by atoms with Gasteiger partial charge in [0.05, 0.1) is 12.1 Å². The number of carbonyl (C=O) groups is 5. The molecule has 0 aromatic heterocycles. The van der Waals surface area contributed by atoms with Crippen LogP contribution < -0.4 is 33.2 Å². The molecule has 1 aromatic carbocycles. The van der Waals surface area contributed by atoms with Gasteiger partial charge in [0.1, 0.15) is 17.8 Å². The van der Waals surface area contributed by atoms with Crippen molar-refractivity contribution in [2.45, 2.75) is 69.3 Å². The van der Waals surface area contributed by atoms with E-state index < -0.39 is 72.8 Å². The minimum Gasteiger partial charge on any atom is -0.508 e. The summed E-state index contributed by atoms with van der Waals surface area (Å²) in [6, 6.07) is 0.167. The number of aliphatic hydroxyl groups is 1. The lowest BCUT2D eigenvalue weighted by Crippen LogP contribution is -2.58. The number of aliphatic carboxylic acids is 2. The molecule has 13 N–H and O–H groups in total. The Morgan fingerprint density at radius 1 is 0.900 bits per heavy atom. The van der Waals surface area contributed by atoms with Crippen LogP contribution in [-0.4, -0.2) is 92.9 Å². The van der Waals surface area contributed by atoms with Crippen LogP contribution in [0.4, 0.5) is 0 Å². The largest absolute Gasteiger partial charge is 0.508 e. The average molecular weight is 568 g/mol. The van der Waals surface area contributed by atoms with Gasteiger partial charge in [-0.2, -0.15) is 0 Å². The molecule has 0 bridgehead atoms. The lowest BCUT2D eigenvalue weighted by Gasteiger charge is -2.25. The Morgan fingerprint density at radius 2 is 1.48 bits per heavy atom. The first-order chi connectivity index (χ1) is 18.7. The van der Waals surface area contributed by atoms with Gasteiger partial charge in [0, 0.05) is 19.4 Å². The maximum Gasteiger partial charge on any atom is 0.328 e. The first kappa shape index (κ1) is 33.6. The molecule has 0 radical (unpaired) electrons. The fourth-order valence-electron chi connectivity index (χ4n) is 3.46. The van der Waals surface area contributed by atoms with Crippen LogP contribution >= 0.6 is 0 Å². The third-order valence-corrected chi connectivity index (χ3v) is 5.64. The number of nitrogens with one attached hydrogen (secondary N) is 3. The number of benzene rings is 1. The van der Waals surface area contributed by atoms with E-state index in [2.05, 4.69) is 20.9 Å². The van der Waals surface area contributed by atoms with Crippen LogP contribution in [0.25, 0.3) is 0 Å². The Balaban J connectivity index is 3.12. The van der Waals surface area contributed by atoms with E-state index in [1.807, 2.05) is 0 Å². The Bertz CT molecular complexity index is 1060. The summed E-state index contributed by atoms with van der Waals surface area (Å²) in [6.45, 7) is 1.36. The number of phenols is 1. The van der Waals surface area contributed by atoms with Crippen molar-refractivity contribution in [3.8, 4) is 5.75 Å². The molecule has 5 unspecified atom stereocenters. The Labute approximate surface area is 230 Å². The van der Waals surface area contributed by atoms with Crippen molar-refractivity contribution in [3.05, 3.63) is 29.8 Å².